The lowest BCUT2D eigenvalue weighted by molar-refractivity contribution is -0.117. The van der Waals surface area contributed by atoms with Crippen LogP contribution in [0.4, 0.5) is 0 Å². The minimum absolute atomic E-state index is 0.126. The number of ketones is 1. The van der Waals surface area contributed by atoms with Gasteiger partial charge in [-0.15, -0.1) is 0 Å². The van der Waals surface area contributed by atoms with Crippen LogP contribution < -0.4 is 5.43 Å². The molecule has 2 aromatic carbocycles. The van der Waals surface area contributed by atoms with Crippen molar-refractivity contribution in [3.63, 3.8) is 0 Å². The number of nitrogens with one attached hydrogen (secondary N) is 1. The van der Waals surface area contributed by atoms with Crippen molar-refractivity contribution < 1.29 is 19.8 Å². The second-order valence-electron chi connectivity index (χ2n) is 6.61. The first-order valence-electron chi connectivity index (χ1n) is 9.56. The van der Waals surface area contributed by atoms with Crippen molar-refractivity contribution in [2.24, 2.45) is 5.10 Å². The summed E-state index contributed by atoms with van der Waals surface area (Å²) in [6, 6.07) is 12.1. The minimum Gasteiger partial charge on any atom is -0.507 e. The van der Waals surface area contributed by atoms with Crippen molar-refractivity contribution in [1.29, 1.82) is 0 Å². The van der Waals surface area contributed by atoms with Gasteiger partial charge in [0.2, 0.25) is 0 Å². The standard InChI is InChI=1S/C23H26N2O4/c1-3-17(4-2)19-10-11-20(22(28)13-19)14-24-25-23(29)18-8-5-16(6-9-18)7-12-21(27)15-26/h5-14,17,26,28H,3-4,15H2,1-2H3,(H,25,29)/b12-7+,24-14+. The first kappa shape index (κ1) is 22.0. The quantitative estimate of drug-likeness (QED) is 0.343. The maximum Gasteiger partial charge on any atom is 0.271 e. The molecule has 3 N–H and O–H groups in total. The Morgan fingerprint density at radius 3 is 2.38 bits per heavy atom. The zero-order chi connectivity index (χ0) is 21.2. The van der Waals surface area contributed by atoms with Crippen molar-refractivity contribution in [3.05, 3.63) is 70.8 Å². The summed E-state index contributed by atoms with van der Waals surface area (Å²) in [5, 5.41) is 22.8. The molecule has 0 aliphatic heterocycles. The van der Waals surface area contributed by atoms with E-state index in [-0.39, 0.29) is 5.75 Å². The molecule has 0 spiro atoms. The highest BCUT2D eigenvalue weighted by Gasteiger charge is 2.09. The van der Waals surface area contributed by atoms with E-state index in [2.05, 4.69) is 24.4 Å². The number of carbonyl (C=O) groups is 2. The lowest BCUT2D eigenvalue weighted by Crippen LogP contribution is -2.17. The van der Waals surface area contributed by atoms with E-state index in [1.54, 1.807) is 42.5 Å². The van der Waals surface area contributed by atoms with Crippen molar-refractivity contribution in [1.82, 2.24) is 5.43 Å². The summed E-state index contributed by atoms with van der Waals surface area (Å²) in [7, 11) is 0. The average Bonchev–Trinajstić information content (AvgIpc) is 2.74. The fraction of sp³-hybridized carbons (Fsp3) is 0.261. The van der Waals surface area contributed by atoms with Crippen LogP contribution in [0.3, 0.4) is 0 Å². The predicted octanol–water partition coefficient (Wildman–Crippen LogP) is 3.63. The molecular weight excluding hydrogens is 368 g/mol. The van der Waals surface area contributed by atoms with E-state index in [1.807, 2.05) is 6.07 Å². The van der Waals surface area contributed by atoms with Gasteiger partial charge in [-0.2, -0.15) is 5.10 Å². The Balaban J connectivity index is 1.99. The molecule has 29 heavy (non-hydrogen) atoms. The van der Waals surface area contributed by atoms with Crippen LogP contribution in [0.15, 0.2) is 53.6 Å². The number of hydrogen-bond acceptors (Lipinski definition) is 5. The maximum absolute atomic E-state index is 12.2. The monoisotopic (exact) mass is 394 g/mol. The second kappa shape index (κ2) is 10.9. The van der Waals surface area contributed by atoms with Crippen molar-refractivity contribution in [2.75, 3.05) is 6.61 Å². The Morgan fingerprint density at radius 1 is 1.10 bits per heavy atom. The van der Waals surface area contributed by atoms with E-state index in [0.717, 1.165) is 24.0 Å². The Labute approximate surface area is 170 Å². The Bertz CT molecular complexity index is 898. The summed E-state index contributed by atoms with van der Waals surface area (Å²) < 4.78 is 0. The Hall–Kier alpha value is -3.25. The molecule has 0 bridgehead atoms. The van der Waals surface area contributed by atoms with Gasteiger partial charge < -0.3 is 10.2 Å². The van der Waals surface area contributed by atoms with Crippen LogP contribution in [0.1, 0.15) is 59.7 Å². The van der Waals surface area contributed by atoms with E-state index in [9.17, 15) is 14.7 Å². The second-order valence-corrected chi connectivity index (χ2v) is 6.61. The molecule has 0 aliphatic rings. The zero-order valence-electron chi connectivity index (χ0n) is 16.6. The Kier molecular flexibility index (Phi) is 8.30. The molecule has 0 saturated heterocycles. The highest BCUT2D eigenvalue weighted by molar-refractivity contribution is 5.96. The third-order valence-corrected chi connectivity index (χ3v) is 4.67. The third-order valence-electron chi connectivity index (χ3n) is 4.67. The minimum atomic E-state index is -0.537. The number of phenolic OH excluding ortho intramolecular Hbond substituents is 1. The average molecular weight is 394 g/mol. The molecule has 0 aromatic heterocycles. The van der Waals surface area contributed by atoms with Gasteiger partial charge in [-0.3, -0.25) is 9.59 Å². The first-order chi connectivity index (χ1) is 14.0. The molecular formula is C23H26N2O4. The molecule has 0 atom stereocenters. The lowest BCUT2D eigenvalue weighted by atomic mass is 9.93. The highest BCUT2D eigenvalue weighted by Crippen LogP contribution is 2.27. The summed E-state index contributed by atoms with van der Waals surface area (Å²) in [4.78, 5) is 23.2. The SMILES string of the molecule is CCC(CC)c1ccc(/C=N/NC(=O)c2ccc(/C=C/C(=O)CO)cc2)c(O)c1. The number of aliphatic hydroxyl groups is 1. The number of aromatic hydroxyl groups is 1. The number of hydrazone groups is 1. The summed E-state index contributed by atoms with van der Waals surface area (Å²) in [5.74, 6) is -0.249. The number of hydrogen-bond donors (Lipinski definition) is 3. The van der Waals surface area contributed by atoms with Gasteiger partial charge in [0.25, 0.3) is 5.91 Å². The summed E-state index contributed by atoms with van der Waals surface area (Å²) in [5.41, 5.74) is 5.17. The van der Waals surface area contributed by atoms with E-state index in [1.165, 1.54) is 12.3 Å². The van der Waals surface area contributed by atoms with E-state index >= 15 is 0 Å². The number of amides is 1. The smallest absolute Gasteiger partial charge is 0.271 e. The van der Waals surface area contributed by atoms with Crippen LogP contribution in [0.25, 0.3) is 6.08 Å². The van der Waals surface area contributed by atoms with Gasteiger partial charge in [-0.25, -0.2) is 5.43 Å². The fourth-order valence-electron chi connectivity index (χ4n) is 2.90. The molecule has 0 radical (unpaired) electrons. The van der Waals surface area contributed by atoms with Crippen LogP contribution in [0, 0.1) is 0 Å². The number of nitrogens with zero attached hydrogens (tertiary/aromatic N) is 1. The van der Waals surface area contributed by atoms with Gasteiger partial charge in [0.05, 0.1) is 6.21 Å². The number of phenols is 1. The molecule has 6 heteroatoms. The molecule has 1 amide bonds. The molecule has 0 saturated carbocycles. The van der Waals surface area contributed by atoms with Crippen molar-refractivity contribution in [2.45, 2.75) is 32.6 Å². The third kappa shape index (κ3) is 6.40. The van der Waals surface area contributed by atoms with E-state index in [4.69, 9.17) is 5.11 Å². The molecule has 0 unspecified atom stereocenters. The van der Waals surface area contributed by atoms with Crippen LogP contribution in [-0.4, -0.2) is 34.7 Å². The predicted molar refractivity (Wildman–Crippen MR) is 114 cm³/mol. The van der Waals surface area contributed by atoms with Gasteiger partial charge in [-0.1, -0.05) is 38.1 Å². The van der Waals surface area contributed by atoms with E-state index < -0.39 is 18.3 Å². The molecule has 2 rings (SSSR count). The van der Waals surface area contributed by atoms with Crippen LogP contribution in [0.5, 0.6) is 5.75 Å². The van der Waals surface area contributed by atoms with Crippen molar-refractivity contribution in [3.8, 4) is 5.75 Å². The normalized spacial score (nSPS) is 11.4. The van der Waals surface area contributed by atoms with Gasteiger partial charge in [0.1, 0.15) is 12.4 Å². The fourth-order valence-corrected chi connectivity index (χ4v) is 2.90. The summed E-state index contributed by atoms with van der Waals surface area (Å²) in [6.45, 7) is 3.70. The van der Waals surface area contributed by atoms with Crippen molar-refractivity contribution >= 4 is 24.0 Å². The van der Waals surface area contributed by atoms with E-state index in [0.29, 0.717) is 17.0 Å². The number of aliphatic hydroxyl groups excluding tert-OH is 1. The maximum atomic E-state index is 12.2. The lowest BCUT2D eigenvalue weighted by Gasteiger charge is -2.13. The molecule has 0 fully saturated rings. The number of rotatable bonds is 9. The molecule has 6 nitrogen and oxygen atoms in total. The highest BCUT2D eigenvalue weighted by atomic mass is 16.3. The van der Waals surface area contributed by atoms with Gasteiger partial charge >= 0.3 is 0 Å². The van der Waals surface area contributed by atoms with Crippen LogP contribution >= 0.6 is 0 Å². The number of carbonyl (C=O) groups excluding carboxylic acids is 2. The van der Waals surface area contributed by atoms with Crippen LogP contribution in [-0.2, 0) is 4.79 Å². The topological polar surface area (TPSA) is 99.0 Å². The zero-order valence-corrected chi connectivity index (χ0v) is 16.6. The van der Waals surface area contributed by atoms with Gasteiger partial charge in [0, 0.05) is 11.1 Å². The molecule has 2 aromatic rings. The molecule has 152 valence electrons. The molecule has 0 heterocycles. The summed E-state index contributed by atoms with van der Waals surface area (Å²) >= 11 is 0. The first-order valence-corrected chi connectivity index (χ1v) is 9.56. The van der Waals surface area contributed by atoms with Crippen LogP contribution in [0.2, 0.25) is 0 Å². The largest absolute Gasteiger partial charge is 0.507 e. The van der Waals surface area contributed by atoms with Gasteiger partial charge in [0.15, 0.2) is 5.78 Å². The molecule has 0 aliphatic carbocycles. The summed E-state index contributed by atoms with van der Waals surface area (Å²) in [6.07, 6.45) is 6.26. The Morgan fingerprint density at radius 2 is 1.79 bits per heavy atom. The number of benzene rings is 2. The van der Waals surface area contributed by atoms with Gasteiger partial charge in [-0.05, 0) is 60.2 Å².